The Morgan fingerprint density at radius 1 is 1.00 bits per heavy atom. The zero-order valence-corrected chi connectivity index (χ0v) is 21.7. The van der Waals surface area contributed by atoms with Crippen molar-refractivity contribution in [1.29, 1.82) is 0 Å². The van der Waals surface area contributed by atoms with Crippen molar-refractivity contribution in [1.82, 2.24) is 14.8 Å². The molecule has 2 N–H and O–H groups in total. The lowest BCUT2D eigenvalue weighted by atomic mass is 9.89. The molecule has 8 nitrogen and oxygen atoms in total. The van der Waals surface area contributed by atoms with Crippen LogP contribution in [0.15, 0.2) is 24.3 Å². The Bertz CT molecular complexity index is 1070. The van der Waals surface area contributed by atoms with Crippen molar-refractivity contribution in [2.45, 2.75) is 58.4 Å². The summed E-state index contributed by atoms with van der Waals surface area (Å²) >= 11 is 0. The van der Waals surface area contributed by atoms with Gasteiger partial charge in [0.1, 0.15) is 11.5 Å². The first kappa shape index (κ1) is 25.9. The van der Waals surface area contributed by atoms with Gasteiger partial charge < -0.3 is 29.4 Å². The maximum absolute atomic E-state index is 13.4. The Balaban J connectivity index is 1.58. The summed E-state index contributed by atoms with van der Waals surface area (Å²) in [6, 6.07) is 7.75. The second-order valence-corrected chi connectivity index (χ2v) is 10.1. The first-order valence-electron chi connectivity index (χ1n) is 13.1. The van der Waals surface area contributed by atoms with Crippen LogP contribution >= 0.6 is 0 Å². The normalized spacial score (nSPS) is 17.1. The molecule has 8 heteroatoms. The minimum absolute atomic E-state index is 0.0846. The van der Waals surface area contributed by atoms with E-state index in [0.717, 1.165) is 47.8 Å². The van der Waals surface area contributed by atoms with Crippen molar-refractivity contribution in [3.05, 3.63) is 35.5 Å². The number of methoxy groups -OCH3 is 2. The van der Waals surface area contributed by atoms with E-state index >= 15 is 0 Å². The van der Waals surface area contributed by atoms with Crippen LogP contribution < -0.4 is 14.8 Å². The maximum Gasteiger partial charge on any atom is 0.407 e. The van der Waals surface area contributed by atoms with Gasteiger partial charge in [0.05, 0.1) is 25.5 Å². The molecule has 1 aliphatic heterocycles. The topological polar surface area (TPSA) is 93.0 Å². The van der Waals surface area contributed by atoms with Crippen LogP contribution in [0.5, 0.6) is 11.5 Å². The van der Waals surface area contributed by atoms with E-state index in [1.165, 1.54) is 37.0 Å². The molecule has 0 radical (unpaired) electrons. The molecule has 2 amide bonds. The molecule has 0 bridgehead atoms. The van der Waals surface area contributed by atoms with E-state index in [1.54, 1.807) is 14.2 Å². The number of likely N-dealkylation sites (tertiary alicyclic amines) is 1. The molecule has 1 aromatic heterocycles. The molecule has 1 aliphatic carbocycles. The number of benzene rings is 1. The first-order chi connectivity index (χ1) is 17.4. The highest BCUT2D eigenvalue weighted by Crippen LogP contribution is 2.37. The number of carboxylic acid groups (broad SMARTS) is 1. The largest absolute Gasteiger partial charge is 0.497 e. The highest BCUT2D eigenvalue weighted by atomic mass is 16.5. The smallest absolute Gasteiger partial charge is 0.407 e. The molecule has 1 saturated heterocycles. The number of ether oxygens (including phenoxy) is 2. The van der Waals surface area contributed by atoms with Crippen LogP contribution in [0.3, 0.4) is 0 Å². The Labute approximate surface area is 213 Å². The average Bonchev–Trinajstić information content (AvgIpc) is 3.23. The molecule has 0 spiro atoms. The number of hydrogen-bond donors (Lipinski definition) is 2. The van der Waals surface area contributed by atoms with Gasteiger partial charge in [-0.25, -0.2) is 4.79 Å². The molecule has 2 aromatic rings. The number of aromatic nitrogens is 1. The molecule has 36 heavy (non-hydrogen) atoms. The Hall–Kier alpha value is -3.16. The molecule has 1 saturated carbocycles. The van der Waals surface area contributed by atoms with E-state index in [4.69, 9.17) is 14.6 Å². The van der Waals surface area contributed by atoms with Crippen LogP contribution in [0.4, 0.5) is 4.79 Å². The van der Waals surface area contributed by atoms with Crippen molar-refractivity contribution < 1.29 is 24.2 Å². The average molecular weight is 498 g/mol. The lowest BCUT2D eigenvalue weighted by Gasteiger charge is -2.30. The van der Waals surface area contributed by atoms with E-state index in [0.29, 0.717) is 31.1 Å². The van der Waals surface area contributed by atoms with Crippen LogP contribution in [-0.2, 0) is 6.54 Å². The van der Waals surface area contributed by atoms with Gasteiger partial charge in [0.2, 0.25) is 0 Å². The second-order valence-electron chi connectivity index (χ2n) is 10.1. The van der Waals surface area contributed by atoms with E-state index in [9.17, 15) is 9.59 Å². The van der Waals surface area contributed by atoms with E-state index in [1.807, 2.05) is 31.2 Å². The van der Waals surface area contributed by atoms with Gasteiger partial charge in [-0.05, 0) is 68.7 Å². The van der Waals surface area contributed by atoms with Crippen LogP contribution in [0.2, 0.25) is 0 Å². The minimum Gasteiger partial charge on any atom is -0.497 e. The summed E-state index contributed by atoms with van der Waals surface area (Å²) in [6.07, 6.45) is 6.91. The highest BCUT2D eigenvalue weighted by Gasteiger charge is 2.26. The van der Waals surface area contributed by atoms with Crippen molar-refractivity contribution in [2.24, 2.45) is 11.8 Å². The summed E-state index contributed by atoms with van der Waals surface area (Å²) in [5, 5.41) is 12.3. The van der Waals surface area contributed by atoms with Crippen LogP contribution in [-0.4, -0.2) is 60.4 Å². The number of amides is 2. The number of carbonyl (C=O) groups is 2. The molecule has 0 unspecified atom stereocenters. The monoisotopic (exact) mass is 497 g/mol. The summed E-state index contributed by atoms with van der Waals surface area (Å²) in [5.41, 5.74) is 3.51. The van der Waals surface area contributed by atoms with Crippen molar-refractivity contribution in [2.75, 3.05) is 33.9 Å². The van der Waals surface area contributed by atoms with Crippen molar-refractivity contribution in [3.63, 3.8) is 0 Å². The predicted molar refractivity (Wildman–Crippen MR) is 139 cm³/mol. The second kappa shape index (κ2) is 11.7. The van der Waals surface area contributed by atoms with Gasteiger partial charge in [0, 0.05) is 37.4 Å². The SMILES string of the molecule is COc1ccc(OC)c(-c2cc(C(=O)NCC3CCN(C(=O)O)CC3)c(C)n2CC2CCCCC2)c1. The van der Waals surface area contributed by atoms with Crippen LogP contribution in [0.25, 0.3) is 11.3 Å². The number of carbonyl (C=O) groups excluding carboxylic acids is 1. The van der Waals surface area contributed by atoms with Crippen molar-refractivity contribution >= 4 is 12.0 Å². The zero-order valence-electron chi connectivity index (χ0n) is 21.7. The number of rotatable bonds is 8. The molecular formula is C28H39N3O5. The van der Waals surface area contributed by atoms with Gasteiger partial charge in [0.25, 0.3) is 5.91 Å². The summed E-state index contributed by atoms with van der Waals surface area (Å²) in [6.45, 7) is 4.50. The van der Waals surface area contributed by atoms with E-state index in [-0.39, 0.29) is 11.8 Å². The third-order valence-electron chi connectivity index (χ3n) is 7.90. The van der Waals surface area contributed by atoms with Gasteiger partial charge in [-0.15, -0.1) is 0 Å². The standard InChI is InChI=1S/C28H39N3O5/c1-19-23(27(32)29-17-20-11-13-30(14-12-20)28(33)34)16-25(31(19)18-21-7-5-4-6-8-21)24-15-22(35-2)9-10-26(24)36-3/h9-10,15-16,20-21H,4-8,11-14,17-18H2,1-3H3,(H,29,32)(H,33,34). The van der Waals surface area contributed by atoms with Crippen LogP contribution in [0.1, 0.15) is 61.0 Å². The molecule has 0 atom stereocenters. The molecule has 196 valence electrons. The first-order valence-corrected chi connectivity index (χ1v) is 13.1. The number of hydrogen-bond acceptors (Lipinski definition) is 4. The maximum atomic E-state index is 13.4. The van der Waals surface area contributed by atoms with Crippen LogP contribution in [0, 0.1) is 18.8 Å². The lowest BCUT2D eigenvalue weighted by Crippen LogP contribution is -2.41. The van der Waals surface area contributed by atoms with Gasteiger partial charge in [-0.3, -0.25) is 4.79 Å². The molecule has 2 aliphatic rings. The Kier molecular flexibility index (Phi) is 8.44. The highest BCUT2D eigenvalue weighted by molar-refractivity contribution is 5.97. The van der Waals surface area contributed by atoms with Gasteiger partial charge in [-0.1, -0.05) is 19.3 Å². The quantitative estimate of drug-likeness (QED) is 0.524. The number of nitrogens with one attached hydrogen (secondary N) is 1. The van der Waals surface area contributed by atoms with Gasteiger partial charge >= 0.3 is 6.09 Å². The Morgan fingerprint density at radius 3 is 2.36 bits per heavy atom. The molecular weight excluding hydrogens is 458 g/mol. The molecule has 4 rings (SSSR count). The molecule has 1 aromatic carbocycles. The number of nitrogens with zero attached hydrogens (tertiary/aromatic N) is 2. The summed E-state index contributed by atoms with van der Waals surface area (Å²) in [7, 11) is 3.31. The fourth-order valence-electron chi connectivity index (χ4n) is 5.64. The predicted octanol–water partition coefficient (Wildman–Crippen LogP) is 5.18. The molecule has 2 fully saturated rings. The molecule has 2 heterocycles. The summed E-state index contributed by atoms with van der Waals surface area (Å²) in [4.78, 5) is 26.0. The van der Waals surface area contributed by atoms with Gasteiger partial charge in [-0.2, -0.15) is 0 Å². The summed E-state index contributed by atoms with van der Waals surface area (Å²) in [5.74, 6) is 2.28. The zero-order chi connectivity index (χ0) is 25.7. The van der Waals surface area contributed by atoms with Gasteiger partial charge in [0.15, 0.2) is 0 Å². The lowest BCUT2D eigenvalue weighted by molar-refractivity contribution is 0.0928. The fourth-order valence-corrected chi connectivity index (χ4v) is 5.64. The Morgan fingerprint density at radius 2 is 1.72 bits per heavy atom. The fraction of sp³-hybridized carbons (Fsp3) is 0.571. The third kappa shape index (κ3) is 5.79. The van der Waals surface area contributed by atoms with Crippen molar-refractivity contribution in [3.8, 4) is 22.8 Å². The summed E-state index contributed by atoms with van der Waals surface area (Å²) < 4.78 is 13.5. The third-order valence-corrected chi connectivity index (χ3v) is 7.90. The number of piperidine rings is 1. The van der Waals surface area contributed by atoms with E-state index < -0.39 is 6.09 Å². The minimum atomic E-state index is -0.868. The van der Waals surface area contributed by atoms with E-state index in [2.05, 4.69) is 9.88 Å².